The third-order valence-corrected chi connectivity index (χ3v) is 11.9. The summed E-state index contributed by atoms with van der Waals surface area (Å²) in [5.41, 5.74) is 0.385. The molecule has 0 radical (unpaired) electrons. The number of epoxide rings is 1. The van der Waals surface area contributed by atoms with Crippen LogP contribution in [0, 0.1) is 47.3 Å². The Bertz CT molecular complexity index is 501. The van der Waals surface area contributed by atoms with Crippen molar-refractivity contribution in [3.8, 4) is 0 Å². The smallest absolute Gasteiger partial charge is 0.377 e. The molecule has 23 heavy (non-hydrogen) atoms. The summed E-state index contributed by atoms with van der Waals surface area (Å²) in [5, 5.41) is 0. The summed E-state index contributed by atoms with van der Waals surface area (Å²) in [6.07, 6.45) is 4.07. The van der Waals surface area contributed by atoms with Gasteiger partial charge in [-0.1, -0.05) is 13.8 Å². The number of rotatable bonds is 5. The van der Waals surface area contributed by atoms with Crippen molar-refractivity contribution in [3.63, 3.8) is 0 Å². The molecule has 11 atom stereocenters. The van der Waals surface area contributed by atoms with E-state index in [9.17, 15) is 0 Å². The summed E-state index contributed by atoms with van der Waals surface area (Å²) < 4.78 is 23.5. The predicted octanol–water partition coefficient (Wildman–Crippen LogP) is 2.81. The molecule has 4 aliphatic carbocycles. The molecule has 5 rings (SSSR count). The molecule has 0 aromatic carbocycles. The molecule has 5 aliphatic rings. The van der Waals surface area contributed by atoms with E-state index < -0.39 is 8.80 Å². The Hall–Kier alpha value is 0.0569. The molecule has 0 spiro atoms. The first-order chi connectivity index (χ1) is 11.1. The molecule has 1 heterocycles. The minimum absolute atomic E-state index is 0.385. The average Bonchev–Trinajstić information content (AvgIpc) is 2.89. The second-order valence-corrected chi connectivity index (χ2v) is 12.1. The first-order valence-corrected chi connectivity index (χ1v) is 11.2. The van der Waals surface area contributed by atoms with Gasteiger partial charge in [0.2, 0.25) is 0 Å². The van der Waals surface area contributed by atoms with Crippen LogP contribution < -0.4 is 0 Å². The maximum atomic E-state index is 6.00. The van der Waals surface area contributed by atoms with Crippen LogP contribution in [0.2, 0.25) is 5.54 Å². The lowest BCUT2D eigenvalue weighted by Gasteiger charge is -2.42. The molecule has 4 bridgehead atoms. The van der Waals surface area contributed by atoms with Gasteiger partial charge in [0, 0.05) is 26.9 Å². The fourth-order valence-electron chi connectivity index (χ4n) is 7.99. The van der Waals surface area contributed by atoms with E-state index in [2.05, 4.69) is 13.8 Å². The van der Waals surface area contributed by atoms with Crippen LogP contribution in [0.25, 0.3) is 0 Å². The number of hydrogen-bond donors (Lipinski definition) is 0. The van der Waals surface area contributed by atoms with Gasteiger partial charge in [0.05, 0.1) is 12.2 Å². The van der Waals surface area contributed by atoms with Crippen LogP contribution in [-0.4, -0.2) is 42.3 Å². The van der Waals surface area contributed by atoms with Crippen molar-refractivity contribution in [1.82, 2.24) is 0 Å². The van der Waals surface area contributed by atoms with Crippen LogP contribution in [0.3, 0.4) is 0 Å². The monoisotopic (exact) mass is 338 g/mol. The lowest BCUT2D eigenvalue weighted by Crippen LogP contribution is -2.51. The van der Waals surface area contributed by atoms with Gasteiger partial charge in [0.25, 0.3) is 0 Å². The molecule has 5 heteroatoms. The SMILES string of the molecule is CO[Si](OC)(OC)C(C)C1CC2C(C)C1C1C3CC(C4OC34)C21. The number of fused-ring (bicyclic) bond motifs is 12. The molecule has 4 saturated carbocycles. The van der Waals surface area contributed by atoms with Crippen LogP contribution in [0.15, 0.2) is 0 Å². The largest absolute Gasteiger partial charge is 0.503 e. The zero-order valence-electron chi connectivity index (χ0n) is 14.9. The lowest BCUT2D eigenvalue weighted by molar-refractivity contribution is 0.0692. The zero-order chi connectivity index (χ0) is 16.1. The van der Waals surface area contributed by atoms with E-state index in [1.807, 2.05) is 0 Å². The van der Waals surface area contributed by atoms with Crippen molar-refractivity contribution in [2.75, 3.05) is 21.3 Å². The van der Waals surface area contributed by atoms with Gasteiger partial charge in [-0.05, 0) is 60.2 Å². The molecule has 1 saturated heterocycles. The van der Waals surface area contributed by atoms with E-state index in [1.165, 1.54) is 12.8 Å². The van der Waals surface area contributed by atoms with Gasteiger partial charge in [-0.3, -0.25) is 0 Å². The summed E-state index contributed by atoms with van der Waals surface area (Å²) in [7, 11) is 2.72. The van der Waals surface area contributed by atoms with Crippen molar-refractivity contribution in [2.24, 2.45) is 47.3 Å². The molecule has 11 unspecified atom stereocenters. The van der Waals surface area contributed by atoms with Crippen molar-refractivity contribution >= 4 is 8.80 Å². The Morgan fingerprint density at radius 2 is 1.48 bits per heavy atom. The number of ether oxygens (including phenoxy) is 1. The molecule has 130 valence electrons. The normalized spacial score (nSPS) is 56.7. The van der Waals surface area contributed by atoms with Crippen LogP contribution in [-0.2, 0) is 18.0 Å². The molecule has 0 aromatic rings. The fraction of sp³-hybridized carbons (Fsp3) is 1.00. The van der Waals surface area contributed by atoms with Gasteiger partial charge >= 0.3 is 8.80 Å². The quantitative estimate of drug-likeness (QED) is 0.439. The summed E-state index contributed by atoms with van der Waals surface area (Å²) >= 11 is 0. The van der Waals surface area contributed by atoms with Gasteiger partial charge in [0.15, 0.2) is 0 Å². The van der Waals surface area contributed by atoms with E-state index in [1.54, 1.807) is 21.3 Å². The van der Waals surface area contributed by atoms with Gasteiger partial charge < -0.3 is 18.0 Å². The first kappa shape index (κ1) is 15.3. The highest BCUT2D eigenvalue weighted by molar-refractivity contribution is 6.62. The van der Waals surface area contributed by atoms with Gasteiger partial charge in [0.1, 0.15) is 0 Å². The van der Waals surface area contributed by atoms with Crippen molar-refractivity contribution in [2.45, 2.75) is 44.4 Å². The molecule has 0 aromatic heterocycles. The minimum Gasteiger partial charge on any atom is -0.377 e. The Morgan fingerprint density at radius 3 is 2.09 bits per heavy atom. The summed E-state index contributed by atoms with van der Waals surface area (Å²) in [5.74, 6) is 6.88. The Morgan fingerprint density at radius 1 is 0.870 bits per heavy atom. The highest BCUT2D eigenvalue weighted by atomic mass is 28.4. The molecule has 4 nitrogen and oxygen atoms in total. The fourth-order valence-corrected chi connectivity index (χ4v) is 10.5. The Kier molecular flexibility index (Phi) is 3.21. The van der Waals surface area contributed by atoms with E-state index in [0.29, 0.717) is 23.7 Å². The number of hydrogen-bond acceptors (Lipinski definition) is 4. The molecule has 0 N–H and O–H groups in total. The maximum Gasteiger partial charge on any atom is 0.503 e. The Labute approximate surface area is 140 Å². The van der Waals surface area contributed by atoms with E-state index in [0.717, 1.165) is 41.4 Å². The standard InChI is InChI=1S/C18H30O4Si/c1-8-10-6-11(9(2)23(19-3,20-4)21-5)14(8)16-13-7-12(15(10)16)17-18(13)22-17/h8-18H,6-7H2,1-5H3. The second kappa shape index (κ2) is 4.82. The molecule has 0 amide bonds. The van der Waals surface area contributed by atoms with Crippen LogP contribution >= 0.6 is 0 Å². The first-order valence-electron chi connectivity index (χ1n) is 9.38. The topological polar surface area (TPSA) is 40.2 Å². The molecule has 5 fully saturated rings. The third kappa shape index (κ3) is 1.66. The predicted molar refractivity (Wildman–Crippen MR) is 87.7 cm³/mol. The zero-order valence-corrected chi connectivity index (χ0v) is 15.9. The summed E-state index contributed by atoms with van der Waals surface area (Å²) in [6, 6.07) is 0. The molecular weight excluding hydrogens is 308 g/mol. The third-order valence-electron chi connectivity index (χ3n) is 8.70. The van der Waals surface area contributed by atoms with Crippen molar-refractivity contribution in [1.29, 1.82) is 0 Å². The lowest BCUT2D eigenvalue weighted by atomic mass is 9.67. The van der Waals surface area contributed by atoms with Gasteiger partial charge in [-0.15, -0.1) is 0 Å². The van der Waals surface area contributed by atoms with Gasteiger partial charge in [-0.25, -0.2) is 0 Å². The van der Waals surface area contributed by atoms with Crippen LogP contribution in [0.5, 0.6) is 0 Å². The van der Waals surface area contributed by atoms with Gasteiger partial charge in [-0.2, -0.15) is 0 Å². The van der Waals surface area contributed by atoms with E-state index >= 15 is 0 Å². The highest BCUT2D eigenvalue weighted by Crippen LogP contribution is 2.75. The van der Waals surface area contributed by atoms with Crippen molar-refractivity contribution in [3.05, 3.63) is 0 Å². The second-order valence-electron chi connectivity index (χ2n) is 8.79. The summed E-state index contributed by atoms with van der Waals surface area (Å²) in [4.78, 5) is 0. The van der Waals surface area contributed by atoms with E-state index in [4.69, 9.17) is 18.0 Å². The van der Waals surface area contributed by atoms with Crippen LogP contribution in [0.4, 0.5) is 0 Å². The minimum atomic E-state index is -2.56. The molecular formula is C18H30O4Si. The maximum absolute atomic E-state index is 6.00. The van der Waals surface area contributed by atoms with Crippen molar-refractivity contribution < 1.29 is 18.0 Å². The molecule has 1 aliphatic heterocycles. The highest BCUT2D eigenvalue weighted by Gasteiger charge is 2.75. The summed E-state index contributed by atoms with van der Waals surface area (Å²) in [6.45, 7) is 4.83. The average molecular weight is 339 g/mol. The van der Waals surface area contributed by atoms with E-state index in [-0.39, 0.29) is 0 Å². The Balaban J connectivity index is 1.44. The van der Waals surface area contributed by atoms with Crippen LogP contribution in [0.1, 0.15) is 26.7 Å².